The molecule has 4 heteroatoms. The molecule has 0 aromatic heterocycles. The fraction of sp³-hybridized carbons (Fsp3) is 1.00. The van der Waals surface area contributed by atoms with Crippen molar-refractivity contribution in [3.63, 3.8) is 0 Å². The third-order valence-corrected chi connectivity index (χ3v) is 4.38. The molecule has 0 radical (unpaired) electrons. The number of hydrogen-bond acceptors (Lipinski definition) is 2. The van der Waals surface area contributed by atoms with E-state index in [0.29, 0.717) is 5.41 Å². The zero-order chi connectivity index (χ0) is 10.8. The lowest BCUT2D eigenvalue weighted by Gasteiger charge is -2.35. The van der Waals surface area contributed by atoms with Gasteiger partial charge in [0.25, 0.3) is 0 Å². The Labute approximate surface area is 87.3 Å². The average molecular weight is 219 g/mol. The molecule has 1 unspecified atom stereocenters. The maximum Gasteiger partial charge on any atom is 0.211 e. The first kappa shape index (κ1) is 12.0. The summed E-state index contributed by atoms with van der Waals surface area (Å²) < 4.78 is 25.5. The highest BCUT2D eigenvalue weighted by atomic mass is 32.2. The normalized spacial score (nSPS) is 27.5. The Morgan fingerprint density at radius 2 is 2.07 bits per heavy atom. The van der Waals surface area contributed by atoms with E-state index in [1.165, 1.54) is 6.42 Å². The van der Waals surface area contributed by atoms with Gasteiger partial charge in [-0.1, -0.05) is 20.3 Å². The molecule has 1 aliphatic carbocycles. The summed E-state index contributed by atoms with van der Waals surface area (Å²) in [7, 11) is -3.02. The zero-order valence-corrected chi connectivity index (χ0v) is 10.2. The first-order valence-corrected chi connectivity index (χ1v) is 7.00. The third kappa shape index (κ3) is 3.58. The highest BCUT2D eigenvalue weighted by molar-refractivity contribution is 7.89. The van der Waals surface area contributed by atoms with Crippen LogP contribution in [0.2, 0.25) is 0 Å². The van der Waals surface area contributed by atoms with Gasteiger partial charge in [0.2, 0.25) is 10.0 Å². The second-order valence-electron chi connectivity index (χ2n) is 4.98. The van der Waals surface area contributed by atoms with Crippen molar-refractivity contribution in [1.29, 1.82) is 0 Å². The Balaban J connectivity index is 2.54. The number of nitrogens with one attached hydrogen (secondary N) is 1. The lowest BCUT2D eigenvalue weighted by Crippen LogP contribution is -2.41. The van der Waals surface area contributed by atoms with Crippen molar-refractivity contribution in [2.75, 3.05) is 5.75 Å². The van der Waals surface area contributed by atoms with Crippen LogP contribution in [0.25, 0.3) is 0 Å². The first-order chi connectivity index (χ1) is 6.35. The summed E-state index contributed by atoms with van der Waals surface area (Å²) in [5.74, 6) is 0.184. The van der Waals surface area contributed by atoms with E-state index in [1.54, 1.807) is 6.92 Å². The molecule has 0 aliphatic heterocycles. The highest BCUT2D eigenvalue weighted by Gasteiger charge is 2.29. The van der Waals surface area contributed by atoms with E-state index in [9.17, 15) is 8.42 Å². The number of hydrogen-bond donors (Lipinski definition) is 1. The smallest absolute Gasteiger partial charge is 0.211 e. The van der Waals surface area contributed by atoms with Crippen molar-refractivity contribution >= 4 is 10.0 Å². The fourth-order valence-electron chi connectivity index (χ4n) is 2.14. The van der Waals surface area contributed by atoms with Gasteiger partial charge in [-0.15, -0.1) is 0 Å². The van der Waals surface area contributed by atoms with Crippen molar-refractivity contribution in [3.05, 3.63) is 0 Å². The Hall–Kier alpha value is -0.0900. The molecule has 1 aliphatic rings. The van der Waals surface area contributed by atoms with E-state index in [-0.39, 0.29) is 11.8 Å². The predicted molar refractivity (Wildman–Crippen MR) is 58.6 cm³/mol. The van der Waals surface area contributed by atoms with Crippen LogP contribution in [0, 0.1) is 5.41 Å². The molecule has 3 nitrogen and oxygen atoms in total. The number of rotatable bonds is 3. The summed E-state index contributed by atoms with van der Waals surface area (Å²) in [4.78, 5) is 0. The molecule has 0 aromatic rings. The molecule has 0 spiro atoms. The van der Waals surface area contributed by atoms with Crippen LogP contribution in [0.15, 0.2) is 0 Å². The lowest BCUT2D eigenvalue weighted by molar-refractivity contribution is 0.212. The van der Waals surface area contributed by atoms with Gasteiger partial charge < -0.3 is 0 Å². The Kier molecular flexibility index (Phi) is 3.58. The van der Waals surface area contributed by atoms with Gasteiger partial charge in [-0.25, -0.2) is 13.1 Å². The molecular formula is C10H21NO2S. The molecule has 1 atom stereocenters. The topological polar surface area (TPSA) is 46.2 Å². The molecule has 0 saturated heterocycles. The second kappa shape index (κ2) is 4.19. The standard InChI is InChI=1S/C10H21NO2S/c1-4-14(12,13)11-9-6-5-7-10(2,3)8-9/h9,11H,4-8H2,1-3H3. The van der Waals surface area contributed by atoms with E-state index in [0.717, 1.165) is 19.3 Å². The van der Waals surface area contributed by atoms with Crippen molar-refractivity contribution in [2.24, 2.45) is 5.41 Å². The van der Waals surface area contributed by atoms with Gasteiger partial charge in [-0.2, -0.15) is 0 Å². The molecular weight excluding hydrogens is 198 g/mol. The Bertz CT molecular complexity index is 282. The molecule has 1 rings (SSSR count). The minimum absolute atomic E-state index is 0.156. The van der Waals surface area contributed by atoms with Gasteiger partial charge in [0.1, 0.15) is 0 Å². The lowest BCUT2D eigenvalue weighted by atomic mass is 9.75. The first-order valence-electron chi connectivity index (χ1n) is 5.35. The summed E-state index contributed by atoms with van der Waals surface area (Å²) in [5.41, 5.74) is 0.291. The van der Waals surface area contributed by atoms with Gasteiger partial charge in [0, 0.05) is 6.04 Å². The van der Waals surface area contributed by atoms with E-state index in [1.807, 2.05) is 0 Å². The molecule has 1 saturated carbocycles. The summed E-state index contributed by atoms with van der Waals surface area (Å²) in [6, 6.07) is 0.156. The predicted octanol–water partition coefficient (Wildman–Crippen LogP) is 1.89. The molecule has 0 aromatic carbocycles. The van der Waals surface area contributed by atoms with Crippen molar-refractivity contribution in [1.82, 2.24) is 4.72 Å². The van der Waals surface area contributed by atoms with E-state index >= 15 is 0 Å². The van der Waals surface area contributed by atoms with Crippen molar-refractivity contribution in [2.45, 2.75) is 52.5 Å². The monoisotopic (exact) mass is 219 g/mol. The van der Waals surface area contributed by atoms with E-state index < -0.39 is 10.0 Å². The molecule has 0 heterocycles. The second-order valence-corrected chi connectivity index (χ2v) is 7.02. The summed E-state index contributed by atoms with van der Waals surface area (Å²) in [6.07, 6.45) is 4.29. The van der Waals surface area contributed by atoms with Gasteiger partial charge in [-0.05, 0) is 31.6 Å². The molecule has 0 bridgehead atoms. The van der Waals surface area contributed by atoms with Crippen LogP contribution in [-0.4, -0.2) is 20.2 Å². The van der Waals surface area contributed by atoms with Crippen LogP contribution >= 0.6 is 0 Å². The summed E-state index contributed by atoms with van der Waals surface area (Å²) in [6.45, 7) is 6.09. The summed E-state index contributed by atoms with van der Waals surface area (Å²) in [5, 5.41) is 0. The quantitative estimate of drug-likeness (QED) is 0.788. The third-order valence-electron chi connectivity index (χ3n) is 2.93. The van der Waals surface area contributed by atoms with Crippen LogP contribution in [0.4, 0.5) is 0 Å². The van der Waals surface area contributed by atoms with Crippen molar-refractivity contribution < 1.29 is 8.42 Å². The van der Waals surface area contributed by atoms with Gasteiger partial charge in [0.05, 0.1) is 5.75 Å². The molecule has 0 amide bonds. The maximum atomic E-state index is 11.4. The van der Waals surface area contributed by atoms with Gasteiger partial charge >= 0.3 is 0 Å². The highest BCUT2D eigenvalue weighted by Crippen LogP contribution is 2.35. The van der Waals surface area contributed by atoms with Crippen LogP contribution in [0.5, 0.6) is 0 Å². The fourth-order valence-corrected chi connectivity index (χ4v) is 3.01. The summed E-state index contributed by atoms with van der Waals surface area (Å²) >= 11 is 0. The van der Waals surface area contributed by atoms with E-state index in [2.05, 4.69) is 18.6 Å². The van der Waals surface area contributed by atoms with Crippen LogP contribution < -0.4 is 4.72 Å². The van der Waals surface area contributed by atoms with Crippen molar-refractivity contribution in [3.8, 4) is 0 Å². The average Bonchev–Trinajstić information content (AvgIpc) is 2.01. The Morgan fingerprint density at radius 1 is 1.43 bits per heavy atom. The van der Waals surface area contributed by atoms with E-state index in [4.69, 9.17) is 0 Å². The van der Waals surface area contributed by atoms with Crippen LogP contribution in [-0.2, 0) is 10.0 Å². The molecule has 1 fully saturated rings. The maximum absolute atomic E-state index is 11.4. The minimum Gasteiger partial charge on any atom is -0.212 e. The SMILES string of the molecule is CCS(=O)(=O)NC1CCCC(C)(C)C1. The van der Waals surface area contributed by atoms with Gasteiger partial charge in [-0.3, -0.25) is 0 Å². The number of sulfonamides is 1. The molecule has 14 heavy (non-hydrogen) atoms. The van der Waals surface area contributed by atoms with Crippen LogP contribution in [0.3, 0.4) is 0 Å². The van der Waals surface area contributed by atoms with Crippen LogP contribution in [0.1, 0.15) is 46.5 Å². The Morgan fingerprint density at radius 3 is 2.57 bits per heavy atom. The minimum atomic E-state index is -3.02. The molecule has 84 valence electrons. The van der Waals surface area contributed by atoms with Gasteiger partial charge in [0.15, 0.2) is 0 Å². The molecule has 1 N–H and O–H groups in total. The zero-order valence-electron chi connectivity index (χ0n) is 9.34. The largest absolute Gasteiger partial charge is 0.212 e.